The molecule has 8 heteroatoms. The van der Waals surface area contributed by atoms with Crippen LogP contribution in [0.4, 0.5) is 5.69 Å². The van der Waals surface area contributed by atoms with Crippen LogP contribution in [0.5, 0.6) is 5.75 Å². The van der Waals surface area contributed by atoms with E-state index in [1.54, 1.807) is 12.0 Å². The van der Waals surface area contributed by atoms with E-state index in [-0.39, 0.29) is 18.3 Å². The van der Waals surface area contributed by atoms with Gasteiger partial charge in [0.15, 0.2) is 0 Å². The highest BCUT2D eigenvalue weighted by Crippen LogP contribution is 2.22. The summed E-state index contributed by atoms with van der Waals surface area (Å²) in [6.45, 7) is 2.89. The van der Waals surface area contributed by atoms with Gasteiger partial charge in [-0.1, -0.05) is 36.4 Å². The maximum absolute atomic E-state index is 12.8. The predicted molar refractivity (Wildman–Crippen MR) is 113 cm³/mol. The van der Waals surface area contributed by atoms with Gasteiger partial charge in [0.2, 0.25) is 5.82 Å². The molecule has 0 unspecified atom stereocenters. The first-order valence-corrected chi connectivity index (χ1v) is 9.95. The summed E-state index contributed by atoms with van der Waals surface area (Å²) in [6, 6.07) is 17.3. The molecule has 1 aliphatic rings. The number of carbonyl (C=O) groups is 1. The molecular formula is C22H25N5O3. The molecule has 2 heterocycles. The van der Waals surface area contributed by atoms with Crippen LogP contribution in [0.3, 0.4) is 0 Å². The van der Waals surface area contributed by atoms with Crippen molar-refractivity contribution in [2.24, 2.45) is 0 Å². The lowest BCUT2D eigenvalue weighted by atomic mass is 10.1. The van der Waals surface area contributed by atoms with Gasteiger partial charge in [-0.3, -0.25) is 4.79 Å². The minimum atomic E-state index is -0.706. The van der Waals surface area contributed by atoms with Gasteiger partial charge in [-0.2, -0.15) is 0 Å². The zero-order chi connectivity index (χ0) is 20.9. The fourth-order valence-electron chi connectivity index (χ4n) is 3.55. The van der Waals surface area contributed by atoms with Crippen LogP contribution in [0.2, 0.25) is 0 Å². The number of rotatable bonds is 6. The molecular weight excluding hydrogens is 382 g/mol. The van der Waals surface area contributed by atoms with Crippen LogP contribution in [-0.4, -0.2) is 64.0 Å². The Morgan fingerprint density at radius 1 is 1.10 bits per heavy atom. The van der Waals surface area contributed by atoms with Crippen LogP contribution in [0.15, 0.2) is 60.9 Å². The number of hydrogen-bond acceptors (Lipinski definition) is 6. The molecule has 1 N–H and O–H groups in total. The highest BCUT2D eigenvalue weighted by atomic mass is 16.5. The predicted octanol–water partition coefficient (Wildman–Crippen LogP) is 1.98. The third-order valence-electron chi connectivity index (χ3n) is 5.26. The Morgan fingerprint density at radius 3 is 2.60 bits per heavy atom. The second-order valence-electron chi connectivity index (χ2n) is 7.20. The van der Waals surface area contributed by atoms with Crippen LogP contribution in [0.1, 0.15) is 22.3 Å². The van der Waals surface area contributed by atoms with E-state index < -0.39 is 6.10 Å². The van der Waals surface area contributed by atoms with E-state index in [1.807, 2.05) is 54.6 Å². The lowest BCUT2D eigenvalue weighted by molar-refractivity contribution is 0.0733. The first-order valence-electron chi connectivity index (χ1n) is 9.95. The number of benzene rings is 2. The molecule has 0 radical (unpaired) electrons. The van der Waals surface area contributed by atoms with Crippen LogP contribution in [0, 0.1) is 0 Å². The Hall–Kier alpha value is -3.39. The Kier molecular flexibility index (Phi) is 5.94. The zero-order valence-corrected chi connectivity index (χ0v) is 16.9. The highest BCUT2D eigenvalue weighted by molar-refractivity contribution is 5.90. The van der Waals surface area contributed by atoms with Gasteiger partial charge in [-0.05, 0) is 17.7 Å². The molecule has 2 aromatic carbocycles. The Bertz CT molecular complexity index is 983. The first-order chi connectivity index (χ1) is 14.6. The number of anilines is 1. The number of carbonyl (C=O) groups excluding carboxylic acids is 1. The van der Waals surface area contributed by atoms with Crippen molar-refractivity contribution >= 4 is 11.6 Å². The number of hydrogen-bond donors (Lipinski definition) is 1. The molecule has 1 aromatic heterocycles. The molecule has 8 nitrogen and oxygen atoms in total. The molecule has 156 valence electrons. The minimum Gasteiger partial charge on any atom is -0.497 e. The summed E-state index contributed by atoms with van der Waals surface area (Å²) in [5, 5.41) is 14.6. The summed E-state index contributed by atoms with van der Waals surface area (Å²) in [6.07, 6.45) is 0.786. The molecule has 0 bridgehead atoms. The first kappa shape index (κ1) is 19.9. The monoisotopic (exact) mass is 407 g/mol. The number of aliphatic hydroxyl groups excluding tert-OH is 1. The van der Waals surface area contributed by atoms with Gasteiger partial charge < -0.3 is 19.6 Å². The van der Waals surface area contributed by atoms with E-state index in [9.17, 15) is 9.90 Å². The Morgan fingerprint density at radius 2 is 1.87 bits per heavy atom. The highest BCUT2D eigenvalue weighted by Gasteiger charge is 2.25. The van der Waals surface area contributed by atoms with Gasteiger partial charge in [0, 0.05) is 37.9 Å². The standard InChI is InChI=1S/C22H25N5O3/c1-30-19-9-5-8-18(14-19)25-10-12-26(13-11-25)22(29)21-23-16-27(24-21)15-20(28)17-6-3-2-4-7-17/h2-9,14,16,20,28H,10-13,15H2,1H3/t20-/m1/s1. The average molecular weight is 407 g/mol. The Labute approximate surface area is 175 Å². The van der Waals surface area contributed by atoms with E-state index in [4.69, 9.17) is 4.74 Å². The fraction of sp³-hybridized carbons (Fsp3) is 0.318. The quantitative estimate of drug-likeness (QED) is 0.673. The van der Waals surface area contributed by atoms with Gasteiger partial charge in [0.05, 0.1) is 19.8 Å². The van der Waals surface area contributed by atoms with Gasteiger partial charge in [0.25, 0.3) is 5.91 Å². The van der Waals surface area contributed by atoms with E-state index in [0.29, 0.717) is 13.1 Å². The molecule has 4 rings (SSSR count). The van der Waals surface area contributed by atoms with Crippen molar-refractivity contribution in [2.75, 3.05) is 38.2 Å². The maximum atomic E-state index is 12.8. The van der Waals surface area contributed by atoms with E-state index in [0.717, 1.165) is 30.1 Å². The number of nitrogens with zero attached hydrogens (tertiary/aromatic N) is 5. The van der Waals surface area contributed by atoms with Crippen molar-refractivity contribution in [2.45, 2.75) is 12.6 Å². The number of ether oxygens (including phenoxy) is 1. The molecule has 1 amide bonds. The number of aromatic nitrogens is 3. The fourth-order valence-corrected chi connectivity index (χ4v) is 3.55. The summed E-state index contributed by atoms with van der Waals surface area (Å²) in [5.74, 6) is 0.789. The second-order valence-corrected chi connectivity index (χ2v) is 7.20. The van der Waals surface area contributed by atoms with Crippen molar-refractivity contribution in [3.05, 3.63) is 72.3 Å². The SMILES string of the molecule is COc1cccc(N2CCN(C(=O)c3ncn(C[C@@H](O)c4ccccc4)n3)CC2)c1. The van der Waals surface area contributed by atoms with Crippen LogP contribution in [0.25, 0.3) is 0 Å². The molecule has 1 saturated heterocycles. The summed E-state index contributed by atoms with van der Waals surface area (Å²) in [5.41, 5.74) is 1.88. The molecule has 0 spiro atoms. The summed E-state index contributed by atoms with van der Waals surface area (Å²) in [4.78, 5) is 21.0. The molecule has 0 saturated carbocycles. The van der Waals surface area contributed by atoms with Crippen molar-refractivity contribution in [3.63, 3.8) is 0 Å². The average Bonchev–Trinajstić information content (AvgIpc) is 3.27. The molecule has 1 atom stereocenters. The molecule has 0 aliphatic carbocycles. The zero-order valence-electron chi connectivity index (χ0n) is 16.9. The van der Waals surface area contributed by atoms with Gasteiger partial charge >= 0.3 is 0 Å². The number of aliphatic hydroxyl groups is 1. The number of amides is 1. The lowest BCUT2D eigenvalue weighted by Crippen LogP contribution is -2.49. The van der Waals surface area contributed by atoms with E-state index >= 15 is 0 Å². The normalized spacial score (nSPS) is 15.1. The van der Waals surface area contributed by atoms with Crippen LogP contribution >= 0.6 is 0 Å². The van der Waals surface area contributed by atoms with Gasteiger partial charge in [-0.25, -0.2) is 9.67 Å². The molecule has 3 aromatic rings. The molecule has 1 fully saturated rings. The lowest BCUT2D eigenvalue weighted by Gasteiger charge is -2.35. The van der Waals surface area contributed by atoms with Crippen molar-refractivity contribution < 1.29 is 14.6 Å². The largest absolute Gasteiger partial charge is 0.497 e. The maximum Gasteiger partial charge on any atom is 0.293 e. The third-order valence-corrected chi connectivity index (χ3v) is 5.26. The van der Waals surface area contributed by atoms with Gasteiger partial charge in [0.1, 0.15) is 12.1 Å². The van der Waals surface area contributed by atoms with Crippen molar-refractivity contribution in [3.8, 4) is 5.75 Å². The molecule has 30 heavy (non-hydrogen) atoms. The second kappa shape index (κ2) is 8.96. The van der Waals surface area contributed by atoms with Gasteiger partial charge in [-0.15, -0.1) is 5.10 Å². The minimum absolute atomic E-state index is 0.157. The smallest absolute Gasteiger partial charge is 0.293 e. The summed E-state index contributed by atoms with van der Waals surface area (Å²) in [7, 11) is 1.65. The topological polar surface area (TPSA) is 83.7 Å². The Balaban J connectivity index is 1.34. The molecule has 1 aliphatic heterocycles. The third kappa shape index (κ3) is 4.44. The van der Waals surface area contributed by atoms with Crippen molar-refractivity contribution in [1.29, 1.82) is 0 Å². The number of piperazine rings is 1. The summed E-state index contributed by atoms with van der Waals surface area (Å²) < 4.78 is 6.80. The van der Waals surface area contributed by atoms with Crippen molar-refractivity contribution in [1.82, 2.24) is 19.7 Å². The summed E-state index contributed by atoms with van der Waals surface area (Å²) >= 11 is 0. The van der Waals surface area contributed by atoms with Crippen LogP contribution < -0.4 is 9.64 Å². The number of methoxy groups -OCH3 is 1. The van der Waals surface area contributed by atoms with Crippen LogP contribution in [-0.2, 0) is 6.54 Å². The van der Waals surface area contributed by atoms with E-state index in [2.05, 4.69) is 15.0 Å². The van der Waals surface area contributed by atoms with E-state index in [1.165, 1.54) is 11.0 Å².